The van der Waals surface area contributed by atoms with Crippen LogP contribution in [0, 0.1) is 0 Å². The van der Waals surface area contributed by atoms with Gasteiger partial charge in [-0.25, -0.2) is 0 Å². The lowest BCUT2D eigenvalue weighted by Crippen LogP contribution is -2.27. The Hall–Kier alpha value is -2.07. The number of anilines is 1. The Labute approximate surface area is 113 Å². The van der Waals surface area contributed by atoms with Gasteiger partial charge in [-0.1, -0.05) is 16.6 Å². The number of nitrogen functional groups attached to an aromatic ring is 1. The number of nitrogens with one attached hydrogen (secondary N) is 1. The van der Waals surface area contributed by atoms with Crippen LogP contribution < -0.4 is 16.8 Å². The third kappa shape index (κ3) is 3.23. The van der Waals surface area contributed by atoms with Crippen molar-refractivity contribution < 1.29 is 4.79 Å². The van der Waals surface area contributed by atoms with E-state index in [1.165, 1.54) is 16.0 Å². The summed E-state index contributed by atoms with van der Waals surface area (Å²) in [5.41, 5.74) is 11.1. The van der Waals surface area contributed by atoms with Crippen LogP contribution in [0.2, 0.25) is 0 Å². The molecular weight excluding hydrogens is 268 g/mol. The first-order valence-electron chi connectivity index (χ1n) is 5.60. The molecule has 0 aliphatic rings. The third-order valence-corrected chi connectivity index (χ3v) is 3.24. The van der Waals surface area contributed by atoms with E-state index in [1.54, 1.807) is 13.1 Å². The van der Waals surface area contributed by atoms with Gasteiger partial charge in [0.15, 0.2) is 5.69 Å². The molecule has 0 aliphatic heterocycles. The molecule has 19 heavy (non-hydrogen) atoms. The second-order valence-electron chi connectivity index (χ2n) is 3.83. The first-order valence-corrected chi connectivity index (χ1v) is 6.41. The number of nitrogens with zero attached hydrogens (tertiary/aromatic N) is 5. The summed E-state index contributed by atoms with van der Waals surface area (Å²) in [7, 11) is 0. The molecule has 0 fully saturated rings. The number of aromatic nitrogens is 5. The standard InChI is InChI=1S/C9H14N8OS/c1-5(8-14-15-9(11)19-8)12-7(18)6-4-17(3-2-10)16-13-6/h4-5H,2-3,10H2,1H3,(H2,11,15)(H,12,18)/t5-/m0/s1. The highest BCUT2D eigenvalue weighted by molar-refractivity contribution is 7.15. The highest BCUT2D eigenvalue weighted by Crippen LogP contribution is 2.18. The highest BCUT2D eigenvalue weighted by atomic mass is 32.1. The van der Waals surface area contributed by atoms with Gasteiger partial charge in [0.2, 0.25) is 5.13 Å². The van der Waals surface area contributed by atoms with Gasteiger partial charge in [-0.05, 0) is 6.92 Å². The van der Waals surface area contributed by atoms with Gasteiger partial charge in [0.1, 0.15) is 5.01 Å². The zero-order valence-electron chi connectivity index (χ0n) is 10.3. The van der Waals surface area contributed by atoms with E-state index in [9.17, 15) is 4.79 Å². The van der Waals surface area contributed by atoms with Crippen LogP contribution in [0.5, 0.6) is 0 Å². The monoisotopic (exact) mass is 282 g/mol. The lowest BCUT2D eigenvalue weighted by atomic mass is 10.3. The zero-order chi connectivity index (χ0) is 13.8. The van der Waals surface area contributed by atoms with Crippen LogP contribution in [0.3, 0.4) is 0 Å². The van der Waals surface area contributed by atoms with Crippen molar-refractivity contribution >= 4 is 22.4 Å². The first-order chi connectivity index (χ1) is 9.10. The Morgan fingerprint density at radius 1 is 1.53 bits per heavy atom. The molecule has 1 amide bonds. The highest BCUT2D eigenvalue weighted by Gasteiger charge is 2.17. The molecule has 0 saturated heterocycles. The molecule has 2 aromatic rings. The van der Waals surface area contributed by atoms with Crippen molar-refractivity contribution in [2.45, 2.75) is 19.5 Å². The summed E-state index contributed by atoms with van der Waals surface area (Å²) in [5.74, 6) is -0.329. The quantitative estimate of drug-likeness (QED) is 0.650. The molecule has 102 valence electrons. The summed E-state index contributed by atoms with van der Waals surface area (Å²) in [5, 5.41) is 18.9. The lowest BCUT2D eigenvalue weighted by molar-refractivity contribution is 0.0934. The van der Waals surface area contributed by atoms with Gasteiger partial charge in [-0.15, -0.1) is 15.3 Å². The van der Waals surface area contributed by atoms with E-state index in [-0.39, 0.29) is 17.6 Å². The van der Waals surface area contributed by atoms with Crippen LogP contribution in [-0.4, -0.2) is 37.6 Å². The van der Waals surface area contributed by atoms with E-state index in [0.717, 1.165) is 0 Å². The van der Waals surface area contributed by atoms with Gasteiger partial charge >= 0.3 is 0 Å². The predicted octanol–water partition coefficient (Wildman–Crippen LogP) is -0.838. The van der Waals surface area contributed by atoms with Crippen molar-refractivity contribution in [2.75, 3.05) is 12.3 Å². The van der Waals surface area contributed by atoms with Crippen molar-refractivity contribution in [1.82, 2.24) is 30.5 Å². The minimum absolute atomic E-state index is 0.234. The first kappa shape index (κ1) is 13.4. The van der Waals surface area contributed by atoms with E-state index in [2.05, 4.69) is 25.8 Å². The molecule has 0 saturated carbocycles. The fourth-order valence-corrected chi connectivity index (χ4v) is 2.01. The molecule has 9 nitrogen and oxygen atoms in total. The Kier molecular flexibility index (Phi) is 4.02. The molecule has 2 aromatic heterocycles. The third-order valence-electron chi connectivity index (χ3n) is 2.30. The Morgan fingerprint density at radius 2 is 2.32 bits per heavy atom. The molecule has 0 spiro atoms. The largest absolute Gasteiger partial charge is 0.374 e. The van der Waals surface area contributed by atoms with Crippen LogP contribution in [0.4, 0.5) is 5.13 Å². The normalized spacial score (nSPS) is 12.3. The van der Waals surface area contributed by atoms with Crippen LogP contribution in [-0.2, 0) is 6.54 Å². The average Bonchev–Trinajstić information content (AvgIpc) is 2.98. The summed E-state index contributed by atoms with van der Waals surface area (Å²) in [6, 6.07) is -0.290. The topological polar surface area (TPSA) is 138 Å². The van der Waals surface area contributed by atoms with E-state index >= 15 is 0 Å². The smallest absolute Gasteiger partial charge is 0.274 e. The fourth-order valence-electron chi connectivity index (χ4n) is 1.40. The fraction of sp³-hybridized carbons (Fsp3) is 0.444. The number of carbonyl (C=O) groups excluding carboxylic acids is 1. The van der Waals surface area contributed by atoms with Crippen molar-refractivity contribution in [1.29, 1.82) is 0 Å². The number of hydrogen-bond donors (Lipinski definition) is 3. The molecule has 0 aromatic carbocycles. The second-order valence-corrected chi connectivity index (χ2v) is 4.87. The summed E-state index contributed by atoms with van der Waals surface area (Å²) < 4.78 is 1.52. The maximum Gasteiger partial charge on any atom is 0.274 e. The van der Waals surface area contributed by atoms with Crippen molar-refractivity contribution in [2.24, 2.45) is 5.73 Å². The van der Waals surface area contributed by atoms with Crippen molar-refractivity contribution in [3.05, 3.63) is 16.9 Å². The predicted molar refractivity (Wildman–Crippen MR) is 69.3 cm³/mol. The summed E-state index contributed by atoms with van der Waals surface area (Å²) in [6.45, 7) is 2.75. The van der Waals surface area contributed by atoms with Gasteiger partial charge < -0.3 is 16.8 Å². The molecule has 0 aliphatic carbocycles. The molecule has 0 radical (unpaired) electrons. The van der Waals surface area contributed by atoms with Gasteiger partial charge in [0, 0.05) is 6.54 Å². The van der Waals surface area contributed by atoms with Gasteiger partial charge in [-0.2, -0.15) is 0 Å². The molecule has 10 heteroatoms. The van der Waals surface area contributed by atoms with Crippen molar-refractivity contribution in [3.63, 3.8) is 0 Å². The SMILES string of the molecule is C[C@H](NC(=O)c1cn(CCN)nn1)c1nnc(N)s1. The summed E-state index contributed by atoms with van der Waals surface area (Å²) >= 11 is 1.23. The molecule has 0 bridgehead atoms. The minimum atomic E-state index is -0.329. The molecular formula is C9H14N8OS. The minimum Gasteiger partial charge on any atom is -0.374 e. The Balaban J connectivity index is 1.99. The molecule has 0 unspecified atom stereocenters. The number of carbonyl (C=O) groups is 1. The summed E-state index contributed by atoms with van der Waals surface area (Å²) in [6.07, 6.45) is 1.55. The molecule has 2 heterocycles. The lowest BCUT2D eigenvalue weighted by Gasteiger charge is -2.08. The van der Waals surface area contributed by atoms with E-state index in [0.29, 0.717) is 23.2 Å². The van der Waals surface area contributed by atoms with E-state index in [4.69, 9.17) is 11.5 Å². The number of rotatable bonds is 5. The maximum absolute atomic E-state index is 11.9. The number of hydrogen-bond acceptors (Lipinski definition) is 8. The van der Waals surface area contributed by atoms with E-state index < -0.39 is 0 Å². The van der Waals surface area contributed by atoms with E-state index in [1.807, 2.05) is 0 Å². The van der Waals surface area contributed by atoms with Gasteiger partial charge in [-0.3, -0.25) is 9.48 Å². The zero-order valence-corrected chi connectivity index (χ0v) is 11.1. The molecule has 1 atom stereocenters. The maximum atomic E-state index is 11.9. The molecule has 5 N–H and O–H groups in total. The number of nitrogens with two attached hydrogens (primary N) is 2. The van der Waals surface area contributed by atoms with Crippen LogP contribution >= 0.6 is 11.3 Å². The Morgan fingerprint density at radius 3 is 2.95 bits per heavy atom. The molecule has 2 rings (SSSR count). The van der Waals surface area contributed by atoms with Crippen LogP contribution in [0.1, 0.15) is 28.5 Å². The summed E-state index contributed by atoms with van der Waals surface area (Å²) in [4.78, 5) is 11.9. The second kappa shape index (κ2) is 5.71. The average molecular weight is 282 g/mol. The van der Waals surface area contributed by atoms with Gasteiger partial charge in [0.25, 0.3) is 5.91 Å². The Bertz CT molecular complexity index is 564. The number of amides is 1. The van der Waals surface area contributed by atoms with Gasteiger partial charge in [0.05, 0.1) is 18.8 Å². The van der Waals surface area contributed by atoms with Crippen LogP contribution in [0.25, 0.3) is 0 Å². The van der Waals surface area contributed by atoms with Crippen LogP contribution in [0.15, 0.2) is 6.20 Å². The van der Waals surface area contributed by atoms with Crippen molar-refractivity contribution in [3.8, 4) is 0 Å².